The van der Waals surface area contributed by atoms with Crippen LogP contribution < -0.4 is 14.4 Å². The maximum Gasteiger partial charge on any atom is 0.162 e. The average Bonchev–Trinajstić information content (AvgIpc) is 3.25. The first-order valence-electron chi connectivity index (χ1n) is 12.3. The number of aromatic nitrogens is 3. The van der Waals surface area contributed by atoms with Crippen molar-refractivity contribution in [2.24, 2.45) is 0 Å². The van der Waals surface area contributed by atoms with Gasteiger partial charge in [0.05, 0.1) is 32.0 Å². The van der Waals surface area contributed by atoms with Gasteiger partial charge in [-0.1, -0.05) is 23.7 Å². The zero-order valence-electron chi connectivity index (χ0n) is 21.1. The monoisotopic (exact) mass is 505 g/mol. The normalized spacial score (nSPS) is 14.4. The van der Waals surface area contributed by atoms with E-state index in [1.807, 2.05) is 35.1 Å². The van der Waals surface area contributed by atoms with E-state index < -0.39 is 0 Å². The molecule has 7 nitrogen and oxygen atoms in total. The highest BCUT2D eigenvalue weighted by Gasteiger charge is 2.21. The molecular weight excluding hydrogens is 474 g/mol. The Labute approximate surface area is 217 Å². The van der Waals surface area contributed by atoms with E-state index in [9.17, 15) is 0 Å². The van der Waals surface area contributed by atoms with Gasteiger partial charge >= 0.3 is 0 Å². The molecule has 0 saturated carbocycles. The first-order valence-corrected chi connectivity index (χ1v) is 12.7. The molecule has 1 saturated heterocycles. The standard InChI is InChI=1S/C28H32ClN5O2/c1-20-23(29)7-4-8-25(20)33-14-12-32(13-15-33)11-9-24-22-16-27(35-2)28(36-3)17-26(22)34(31-24)19-21-6-5-10-30-18-21/h4-8,10,16-18H,9,11-15,19H2,1-3H3. The number of halogens is 1. The van der Waals surface area contributed by atoms with Crippen LogP contribution in [0.3, 0.4) is 0 Å². The molecule has 0 radical (unpaired) electrons. The number of anilines is 1. The SMILES string of the molecule is COc1cc2c(CCN3CCN(c4cccc(Cl)c4C)CC3)nn(Cc3cccnc3)c2cc1OC. The Bertz CT molecular complexity index is 1330. The Morgan fingerprint density at radius 1 is 0.972 bits per heavy atom. The summed E-state index contributed by atoms with van der Waals surface area (Å²) in [7, 11) is 3.33. The molecule has 2 aromatic carbocycles. The summed E-state index contributed by atoms with van der Waals surface area (Å²) in [5.41, 5.74) is 5.61. The molecule has 1 fully saturated rings. The highest BCUT2D eigenvalue weighted by Crippen LogP contribution is 2.34. The molecule has 1 aliphatic heterocycles. The molecule has 0 aliphatic carbocycles. The third-order valence-electron chi connectivity index (χ3n) is 7.00. The number of ether oxygens (including phenoxy) is 2. The van der Waals surface area contributed by atoms with Crippen LogP contribution in [0.15, 0.2) is 54.9 Å². The summed E-state index contributed by atoms with van der Waals surface area (Å²) in [5.74, 6) is 1.43. The zero-order chi connectivity index (χ0) is 25.1. The smallest absolute Gasteiger partial charge is 0.162 e. The van der Waals surface area contributed by atoms with Crippen molar-refractivity contribution in [3.8, 4) is 11.5 Å². The molecule has 0 spiro atoms. The van der Waals surface area contributed by atoms with Gasteiger partial charge in [-0.05, 0) is 42.3 Å². The van der Waals surface area contributed by atoms with Crippen molar-refractivity contribution >= 4 is 28.2 Å². The van der Waals surface area contributed by atoms with Crippen molar-refractivity contribution in [3.05, 3.63) is 76.7 Å². The van der Waals surface area contributed by atoms with Gasteiger partial charge in [-0.25, -0.2) is 0 Å². The first-order chi connectivity index (χ1) is 17.6. The van der Waals surface area contributed by atoms with Crippen LogP contribution in [0.4, 0.5) is 5.69 Å². The molecule has 4 aromatic rings. The second kappa shape index (κ2) is 10.8. The second-order valence-electron chi connectivity index (χ2n) is 9.15. The lowest BCUT2D eigenvalue weighted by atomic mass is 10.1. The summed E-state index contributed by atoms with van der Waals surface area (Å²) in [6.45, 7) is 7.70. The van der Waals surface area contributed by atoms with E-state index in [2.05, 4.69) is 39.9 Å². The van der Waals surface area contributed by atoms with E-state index in [1.54, 1.807) is 20.4 Å². The van der Waals surface area contributed by atoms with E-state index in [1.165, 1.54) is 5.69 Å². The Balaban J connectivity index is 1.33. The number of nitrogens with zero attached hydrogens (tertiary/aromatic N) is 5. The minimum Gasteiger partial charge on any atom is -0.493 e. The molecule has 1 aliphatic rings. The van der Waals surface area contributed by atoms with Gasteiger partial charge in [0.2, 0.25) is 0 Å². The van der Waals surface area contributed by atoms with Crippen LogP contribution in [0.2, 0.25) is 5.02 Å². The van der Waals surface area contributed by atoms with Gasteiger partial charge in [0, 0.05) is 73.7 Å². The van der Waals surface area contributed by atoms with E-state index in [4.69, 9.17) is 26.2 Å². The molecule has 0 amide bonds. The summed E-state index contributed by atoms with van der Waals surface area (Å²) in [6, 6.07) is 14.3. The molecule has 188 valence electrons. The Kier molecular flexibility index (Phi) is 7.30. The van der Waals surface area contributed by atoms with Crippen molar-refractivity contribution in [2.45, 2.75) is 19.9 Å². The maximum absolute atomic E-state index is 6.35. The molecule has 5 rings (SSSR count). The fourth-order valence-electron chi connectivity index (χ4n) is 4.95. The van der Waals surface area contributed by atoms with Crippen LogP contribution in [-0.4, -0.2) is 66.6 Å². The van der Waals surface area contributed by atoms with Gasteiger partial charge in [-0.15, -0.1) is 0 Å². The van der Waals surface area contributed by atoms with Crippen LogP contribution in [0.5, 0.6) is 11.5 Å². The average molecular weight is 506 g/mol. The van der Waals surface area contributed by atoms with Gasteiger partial charge in [-0.2, -0.15) is 5.10 Å². The maximum atomic E-state index is 6.35. The summed E-state index contributed by atoms with van der Waals surface area (Å²) in [4.78, 5) is 9.22. The topological polar surface area (TPSA) is 55.7 Å². The molecular formula is C28H32ClN5O2. The van der Waals surface area contributed by atoms with Crippen LogP contribution in [-0.2, 0) is 13.0 Å². The summed E-state index contributed by atoms with van der Waals surface area (Å²) < 4.78 is 13.2. The lowest BCUT2D eigenvalue weighted by molar-refractivity contribution is 0.260. The van der Waals surface area contributed by atoms with Crippen molar-refractivity contribution in [2.75, 3.05) is 51.8 Å². The van der Waals surface area contributed by atoms with Crippen LogP contribution in [0, 0.1) is 6.92 Å². The number of rotatable bonds is 8. The number of piperazine rings is 1. The Morgan fingerprint density at radius 2 is 1.75 bits per heavy atom. The fraction of sp³-hybridized carbons (Fsp3) is 0.357. The number of hydrogen-bond donors (Lipinski definition) is 0. The summed E-state index contributed by atoms with van der Waals surface area (Å²) in [5, 5.41) is 6.96. The molecule has 0 bridgehead atoms. The molecule has 0 N–H and O–H groups in total. The third kappa shape index (κ3) is 4.99. The lowest BCUT2D eigenvalue weighted by Crippen LogP contribution is -2.47. The summed E-state index contributed by atoms with van der Waals surface area (Å²) in [6.07, 6.45) is 4.54. The Morgan fingerprint density at radius 3 is 2.47 bits per heavy atom. The van der Waals surface area contributed by atoms with Crippen LogP contribution in [0.25, 0.3) is 10.9 Å². The van der Waals surface area contributed by atoms with E-state index in [0.717, 1.165) is 77.6 Å². The predicted octanol–water partition coefficient (Wildman–Crippen LogP) is 4.82. The highest BCUT2D eigenvalue weighted by molar-refractivity contribution is 6.31. The third-order valence-corrected chi connectivity index (χ3v) is 7.41. The number of benzene rings is 2. The first kappa shape index (κ1) is 24.4. The molecule has 8 heteroatoms. The number of methoxy groups -OCH3 is 2. The van der Waals surface area contributed by atoms with Crippen molar-refractivity contribution < 1.29 is 9.47 Å². The quantitative estimate of drug-likeness (QED) is 0.342. The largest absolute Gasteiger partial charge is 0.493 e. The molecule has 2 aromatic heterocycles. The van der Waals surface area contributed by atoms with E-state index in [0.29, 0.717) is 12.3 Å². The van der Waals surface area contributed by atoms with E-state index >= 15 is 0 Å². The van der Waals surface area contributed by atoms with Gasteiger partial charge in [0.15, 0.2) is 11.5 Å². The number of pyridine rings is 1. The summed E-state index contributed by atoms with van der Waals surface area (Å²) >= 11 is 6.35. The van der Waals surface area contributed by atoms with Gasteiger partial charge in [0.25, 0.3) is 0 Å². The molecule has 0 atom stereocenters. The van der Waals surface area contributed by atoms with Crippen molar-refractivity contribution in [1.82, 2.24) is 19.7 Å². The fourth-order valence-corrected chi connectivity index (χ4v) is 5.12. The van der Waals surface area contributed by atoms with Gasteiger partial charge in [0.1, 0.15) is 0 Å². The van der Waals surface area contributed by atoms with Crippen molar-refractivity contribution in [3.63, 3.8) is 0 Å². The zero-order valence-corrected chi connectivity index (χ0v) is 21.8. The van der Waals surface area contributed by atoms with Crippen LogP contribution >= 0.6 is 11.6 Å². The minimum atomic E-state index is 0.650. The van der Waals surface area contributed by atoms with Gasteiger partial charge < -0.3 is 14.4 Å². The second-order valence-corrected chi connectivity index (χ2v) is 9.56. The van der Waals surface area contributed by atoms with Gasteiger partial charge in [-0.3, -0.25) is 14.6 Å². The highest BCUT2D eigenvalue weighted by atomic mass is 35.5. The van der Waals surface area contributed by atoms with Crippen LogP contribution in [0.1, 0.15) is 16.8 Å². The lowest BCUT2D eigenvalue weighted by Gasteiger charge is -2.36. The molecule has 3 heterocycles. The number of fused-ring (bicyclic) bond motifs is 1. The van der Waals surface area contributed by atoms with E-state index in [-0.39, 0.29) is 0 Å². The molecule has 36 heavy (non-hydrogen) atoms. The number of hydrogen-bond acceptors (Lipinski definition) is 6. The minimum absolute atomic E-state index is 0.650. The predicted molar refractivity (Wildman–Crippen MR) is 145 cm³/mol. The molecule has 0 unspecified atom stereocenters. The van der Waals surface area contributed by atoms with Crippen molar-refractivity contribution in [1.29, 1.82) is 0 Å². The Hall–Kier alpha value is -3.29.